The number of rotatable bonds is 3. The van der Waals surface area contributed by atoms with Gasteiger partial charge in [0.05, 0.1) is 22.1 Å². The van der Waals surface area contributed by atoms with Crippen molar-refractivity contribution in [1.29, 1.82) is 0 Å². The molecule has 0 fully saturated rings. The van der Waals surface area contributed by atoms with E-state index >= 15 is 0 Å². The van der Waals surface area contributed by atoms with Crippen LogP contribution in [0.5, 0.6) is 0 Å². The molecule has 0 saturated carbocycles. The predicted molar refractivity (Wildman–Crippen MR) is 176 cm³/mol. The highest BCUT2D eigenvalue weighted by Gasteiger charge is 2.16. The van der Waals surface area contributed by atoms with E-state index in [1.54, 1.807) is 0 Å². The molecule has 0 aliphatic heterocycles. The van der Waals surface area contributed by atoms with Gasteiger partial charge in [0.15, 0.2) is 0 Å². The SMILES string of the molecule is c1ccc(-n2c3ccncc3c3ccc(-c4ccc5c(c4)c4ccccc4n5-c4ccc5ccccc5c4)cc32)cc1. The first-order valence-electron chi connectivity index (χ1n) is 14.3. The molecule has 0 saturated heterocycles. The second-order valence-electron chi connectivity index (χ2n) is 10.9. The lowest BCUT2D eigenvalue weighted by atomic mass is 10.0. The molecule has 9 rings (SSSR count). The van der Waals surface area contributed by atoms with E-state index in [9.17, 15) is 0 Å². The van der Waals surface area contributed by atoms with Crippen LogP contribution in [0.4, 0.5) is 0 Å². The number of pyridine rings is 1. The van der Waals surface area contributed by atoms with Crippen LogP contribution >= 0.6 is 0 Å². The van der Waals surface area contributed by atoms with Gasteiger partial charge in [-0.1, -0.05) is 84.9 Å². The number of benzene rings is 6. The van der Waals surface area contributed by atoms with Crippen molar-refractivity contribution < 1.29 is 0 Å². The molecule has 0 spiro atoms. The Morgan fingerprint density at radius 3 is 2.00 bits per heavy atom. The Balaban J connectivity index is 1.27. The fourth-order valence-electron chi connectivity index (χ4n) is 6.65. The van der Waals surface area contributed by atoms with Crippen molar-refractivity contribution in [3.8, 4) is 22.5 Å². The average Bonchev–Trinajstić information content (AvgIpc) is 3.57. The first-order chi connectivity index (χ1) is 20.8. The van der Waals surface area contributed by atoms with Crippen LogP contribution < -0.4 is 0 Å². The summed E-state index contributed by atoms with van der Waals surface area (Å²) in [6.45, 7) is 0. The van der Waals surface area contributed by atoms with Crippen LogP contribution in [0.1, 0.15) is 0 Å². The molecular formula is C39H25N3. The summed E-state index contributed by atoms with van der Waals surface area (Å²) >= 11 is 0. The first kappa shape index (κ1) is 23.1. The van der Waals surface area contributed by atoms with Gasteiger partial charge in [-0.2, -0.15) is 0 Å². The molecule has 3 heterocycles. The van der Waals surface area contributed by atoms with E-state index in [4.69, 9.17) is 0 Å². The summed E-state index contributed by atoms with van der Waals surface area (Å²) in [6.07, 6.45) is 3.85. The average molecular weight is 536 g/mol. The van der Waals surface area contributed by atoms with Gasteiger partial charge < -0.3 is 9.13 Å². The van der Waals surface area contributed by atoms with Crippen LogP contribution in [0.3, 0.4) is 0 Å². The minimum Gasteiger partial charge on any atom is -0.309 e. The molecule has 3 heteroatoms. The molecule has 0 atom stereocenters. The zero-order valence-corrected chi connectivity index (χ0v) is 22.8. The summed E-state index contributed by atoms with van der Waals surface area (Å²) in [4.78, 5) is 4.44. The molecule has 42 heavy (non-hydrogen) atoms. The molecule has 0 aliphatic carbocycles. The predicted octanol–water partition coefficient (Wildman–Crippen LogP) is 10.1. The zero-order chi connectivity index (χ0) is 27.6. The van der Waals surface area contributed by atoms with Gasteiger partial charge in [-0.05, 0) is 76.5 Å². The Labute approximate surface area is 242 Å². The normalized spacial score (nSPS) is 11.8. The van der Waals surface area contributed by atoms with Gasteiger partial charge in [-0.3, -0.25) is 4.98 Å². The van der Waals surface area contributed by atoms with E-state index in [-0.39, 0.29) is 0 Å². The van der Waals surface area contributed by atoms with Crippen LogP contribution in [-0.2, 0) is 0 Å². The van der Waals surface area contributed by atoms with Crippen LogP contribution in [0.15, 0.2) is 152 Å². The van der Waals surface area contributed by atoms with Gasteiger partial charge in [0.1, 0.15) is 0 Å². The second kappa shape index (κ2) is 8.92. The largest absolute Gasteiger partial charge is 0.309 e. The van der Waals surface area contributed by atoms with Crippen molar-refractivity contribution in [2.24, 2.45) is 0 Å². The molecule has 3 nitrogen and oxygen atoms in total. The smallest absolute Gasteiger partial charge is 0.0571 e. The van der Waals surface area contributed by atoms with Crippen molar-refractivity contribution in [3.63, 3.8) is 0 Å². The van der Waals surface area contributed by atoms with Gasteiger partial charge in [0.25, 0.3) is 0 Å². The molecule has 6 aromatic carbocycles. The molecule has 9 aromatic rings. The second-order valence-corrected chi connectivity index (χ2v) is 10.9. The quantitative estimate of drug-likeness (QED) is 0.221. The fraction of sp³-hybridized carbons (Fsp3) is 0. The lowest BCUT2D eigenvalue weighted by Gasteiger charge is -2.10. The van der Waals surface area contributed by atoms with E-state index < -0.39 is 0 Å². The third kappa shape index (κ3) is 3.37. The van der Waals surface area contributed by atoms with Gasteiger partial charge >= 0.3 is 0 Å². The first-order valence-corrected chi connectivity index (χ1v) is 14.3. The minimum atomic E-state index is 1.15. The van der Waals surface area contributed by atoms with Gasteiger partial charge in [-0.25, -0.2) is 0 Å². The van der Waals surface area contributed by atoms with Crippen molar-refractivity contribution in [1.82, 2.24) is 14.1 Å². The zero-order valence-electron chi connectivity index (χ0n) is 22.8. The number of nitrogens with zero attached hydrogens (tertiary/aromatic N) is 3. The Morgan fingerprint density at radius 2 is 1.07 bits per heavy atom. The molecule has 0 bridgehead atoms. The third-order valence-electron chi connectivity index (χ3n) is 8.58. The van der Waals surface area contributed by atoms with Crippen LogP contribution in [0.2, 0.25) is 0 Å². The monoisotopic (exact) mass is 535 g/mol. The number of para-hydroxylation sites is 2. The lowest BCUT2D eigenvalue weighted by Crippen LogP contribution is -1.94. The third-order valence-corrected chi connectivity index (χ3v) is 8.58. The molecular weight excluding hydrogens is 510 g/mol. The maximum Gasteiger partial charge on any atom is 0.0571 e. The Kier molecular flexibility index (Phi) is 4.90. The van der Waals surface area contributed by atoms with Crippen molar-refractivity contribution in [2.75, 3.05) is 0 Å². The van der Waals surface area contributed by atoms with E-state index in [1.165, 1.54) is 60.3 Å². The highest BCUT2D eigenvalue weighted by molar-refractivity contribution is 6.12. The summed E-state index contributed by atoms with van der Waals surface area (Å²) < 4.78 is 4.74. The van der Waals surface area contributed by atoms with Crippen LogP contribution in [0, 0.1) is 0 Å². The highest BCUT2D eigenvalue weighted by Crippen LogP contribution is 2.38. The van der Waals surface area contributed by atoms with E-state index in [2.05, 4.69) is 154 Å². The van der Waals surface area contributed by atoms with E-state index in [0.29, 0.717) is 0 Å². The topological polar surface area (TPSA) is 22.8 Å². The Hall–Kier alpha value is -5.67. The molecule has 0 unspecified atom stereocenters. The van der Waals surface area contributed by atoms with E-state index in [1.807, 2.05) is 12.4 Å². The summed E-state index contributed by atoms with van der Waals surface area (Å²) in [7, 11) is 0. The van der Waals surface area contributed by atoms with Crippen LogP contribution in [0.25, 0.3) is 76.9 Å². The van der Waals surface area contributed by atoms with Crippen LogP contribution in [-0.4, -0.2) is 14.1 Å². The molecule has 0 radical (unpaired) electrons. The van der Waals surface area contributed by atoms with Gasteiger partial charge in [-0.15, -0.1) is 0 Å². The molecule has 3 aromatic heterocycles. The summed E-state index contributed by atoms with van der Waals surface area (Å²) in [5.74, 6) is 0. The van der Waals surface area contributed by atoms with Crippen molar-refractivity contribution >= 4 is 54.4 Å². The van der Waals surface area contributed by atoms with E-state index in [0.717, 1.165) is 16.6 Å². The Bertz CT molecular complexity index is 2460. The van der Waals surface area contributed by atoms with Gasteiger partial charge in [0, 0.05) is 45.3 Å². The Morgan fingerprint density at radius 1 is 0.381 bits per heavy atom. The number of fused-ring (bicyclic) bond motifs is 7. The number of hydrogen-bond donors (Lipinski definition) is 0. The van der Waals surface area contributed by atoms with Crippen molar-refractivity contribution in [2.45, 2.75) is 0 Å². The molecule has 196 valence electrons. The highest BCUT2D eigenvalue weighted by atomic mass is 15.0. The number of hydrogen-bond acceptors (Lipinski definition) is 1. The van der Waals surface area contributed by atoms with Gasteiger partial charge in [0.2, 0.25) is 0 Å². The minimum absolute atomic E-state index is 1.15. The summed E-state index contributed by atoms with van der Waals surface area (Å²) in [5, 5.41) is 7.38. The molecule has 0 N–H and O–H groups in total. The maximum atomic E-state index is 4.44. The molecule has 0 aliphatic rings. The lowest BCUT2D eigenvalue weighted by molar-refractivity contribution is 1.17. The molecule has 0 amide bonds. The summed E-state index contributed by atoms with van der Waals surface area (Å²) in [5.41, 5.74) is 9.49. The standard InChI is InChI=1S/C39H25N3/c1-2-10-30(11-3-1)41-38-20-21-40-25-35(38)33-18-15-29(24-39(33)41)28-16-19-37-34(23-28)32-12-6-7-13-36(32)42(37)31-17-14-26-8-4-5-9-27(26)22-31/h1-25H. The summed E-state index contributed by atoms with van der Waals surface area (Å²) in [6, 6.07) is 50.4. The fourth-order valence-corrected chi connectivity index (χ4v) is 6.65. The van der Waals surface area contributed by atoms with Crippen molar-refractivity contribution in [3.05, 3.63) is 152 Å². The maximum absolute atomic E-state index is 4.44. The number of aromatic nitrogens is 3.